The van der Waals surface area contributed by atoms with Crippen molar-refractivity contribution >= 4 is 23.5 Å². The molecule has 0 bridgehead atoms. The topological polar surface area (TPSA) is 131 Å². The number of nitrogens with zero attached hydrogens (tertiary/aromatic N) is 2. The number of nitro benzene ring substituents is 1. The molecule has 0 atom stereocenters. The molecule has 0 saturated heterocycles. The van der Waals surface area contributed by atoms with Crippen LogP contribution in [0.15, 0.2) is 18.2 Å². The van der Waals surface area contributed by atoms with Crippen molar-refractivity contribution in [2.75, 3.05) is 32.8 Å². The van der Waals surface area contributed by atoms with E-state index in [1.54, 1.807) is 0 Å². The lowest BCUT2D eigenvalue weighted by Gasteiger charge is -2.14. The Morgan fingerprint density at radius 2 is 1.72 bits per heavy atom. The number of amides is 4. The highest BCUT2D eigenvalue weighted by atomic mass is 16.6. The Balaban J connectivity index is 1.66. The van der Waals surface area contributed by atoms with Crippen molar-refractivity contribution < 1.29 is 24.0 Å². The molecular weight excluding hydrogens is 380 g/mol. The van der Waals surface area contributed by atoms with Gasteiger partial charge in [-0.15, -0.1) is 0 Å². The molecule has 10 nitrogen and oxygen atoms in total. The van der Waals surface area contributed by atoms with Gasteiger partial charge in [0.1, 0.15) is 0 Å². The van der Waals surface area contributed by atoms with E-state index in [4.69, 9.17) is 4.74 Å². The van der Waals surface area contributed by atoms with E-state index in [2.05, 4.69) is 17.6 Å². The van der Waals surface area contributed by atoms with E-state index in [9.17, 15) is 24.5 Å². The fourth-order valence-electron chi connectivity index (χ4n) is 2.82. The number of hydrogen-bond donors (Lipinski definition) is 2. The lowest BCUT2D eigenvalue weighted by Crippen LogP contribution is -2.38. The maximum absolute atomic E-state index is 12.3. The first kappa shape index (κ1) is 22.3. The largest absolute Gasteiger partial charge is 0.381 e. The molecule has 1 heterocycles. The molecule has 158 valence electrons. The first-order valence-electron chi connectivity index (χ1n) is 9.69. The van der Waals surface area contributed by atoms with Crippen molar-refractivity contribution in [1.29, 1.82) is 0 Å². The van der Waals surface area contributed by atoms with Crippen LogP contribution >= 0.6 is 0 Å². The minimum atomic E-state index is -0.611. The molecule has 1 aliphatic heterocycles. The maximum Gasteiger partial charge on any atom is 0.314 e. The van der Waals surface area contributed by atoms with Gasteiger partial charge >= 0.3 is 6.03 Å². The van der Waals surface area contributed by atoms with E-state index in [1.807, 2.05) is 0 Å². The van der Waals surface area contributed by atoms with Crippen molar-refractivity contribution in [3.63, 3.8) is 0 Å². The number of unbranched alkanes of at least 4 members (excludes halogenated alkanes) is 1. The lowest BCUT2D eigenvalue weighted by molar-refractivity contribution is -0.384. The third-order valence-corrected chi connectivity index (χ3v) is 4.40. The number of non-ortho nitro benzene ring substituents is 1. The van der Waals surface area contributed by atoms with Gasteiger partial charge in [0.05, 0.1) is 16.1 Å². The SMILES string of the molecule is CCCCOCCCNC(=O)NCCCN1C(=O)c2ccc([N+](=O)[O-])cc2C1=O. The van der Waals surface area contributed by atoms with E-state index in [1.165, 1.54) is 12.1 Å². The van der Waals surface area contributed by atoms with Gasteiger partial charge in [0.15, 0.2) is 0 Å². The zero-order valence-corrected chi connectivity index (χ0v) is 16.4. The fraction of sp³-hybridized carbons (Fsp3) is 0.526. The molecule has 0 unspecified atom stereocenters. The van der Waals surface area contributed by atoms with Crippen LogP contribution in [0.1, 0.15) is 53.3 Å². The number of rotatable bonds is 12. The predicted octanol–water partition coefficient (Wildman–Crippen LogP) is 2.09. The predicted molar refractivity (Wildman–Crippen MR) is 105 cm³/mol. The molecule has 0 spiro atoms. The highest BCUT2D eigenvalue weighted by molar-refractivity contribution is 6.21. The van der Waals surface area contributed by atoms with Crippen molar-refractivity contribution in [3.05, 3.63) is 39.4 Å². The summed E-state index contributed by atoms with van der Waals surface area (Å²) in [6.07, 6.45) is 3.21. The Labute approximate surface area is 168 Å². The van der Waals surface area contributed by atoms with Gasteiger partial charge in [-0.3, -0.25) is 24.6 Å². The summed E-state index contributed by atoms with van der Waals surface area (Å²) in [7, 11) is 0. The molecule has 1 aromatic rings. The Morgan fingerprint density at radius 3 is 2.41 bits per heavy atom. The summed E-state index contributed by atoms with van der Waals surface area (Å²) in [5, 5.41) is 16.2. The molecule has 1 aliphatic rings. The zero-order chi connectivity index (χ0) is 21.2. The average Bonchev–Trinajstić information content (AvgIpc) is 2.94. The van der Waals surface area contributed by atoms with E-state index >= 15 is 0 Å². The summed E-state index contributed by atoms with van der Waals surface area (Å²) < 4.78 is 5.40. The second-order valence-corrected chi connectivity index (χ2v) is 6.60. The van der Waals surface area contributed by atoms with Gasteiger partial charge in [-0.1, -0.05) is 13.3 Å². The Bertz CT molecular complexity index is 767. The van der Waals surface area contributed by atoms with Crippen molar-refractivity contribution in [2.45, 2.75) is 32.6 Å². The highest BCUT2D eigenvalue weighted by Crippen LogP contribution is 2.26. The van der Waals surface area contributed by atoms with Gasteiger partial charge in [0, 0.05) is 45.0 Å². The number of ether oxygens (including phenoxy) is 1. The zero-order valence-electron chi connectivity index (χ0n) is 16.4. The molecule has 2 rings (SSSR count). The van der Waals surface area contributed by atoms with Gasteiger partial charge in [-0.25, -0.2) is 4.79 Å². The summed E-state index contributed by atoms with van der Waals surface area (Å²) in [6, 6.07) is 3.30. The molecule has 0 fully saturated rings. The standard InChI is InChI=1S/C19H26N4O6/c1-2-3-11-29-12-5-9-21-19(26)20-8-4-10-22-17(24)15-7-6-14(23(27)28)13-16(15)18(22)25/h6-7,13H,2-5,8-12H2,1H3,(H2,20,21,26). The fourth-order valence-corrected chi connectivity index (χ4v) is 2.82. The Kier molecular flexibility index (Phi) is 8.53. The van der Waals surface area contributed by atoms with Gasteiger partial charge in [-0.05, 0) is 25.3 Å². The first-order valence-corrected chi connectivity index (χ1v) is 9.69. The number of nitrogens with one attached hydrogen (secondary N) is 2. The summed E-state index contributed by atoms with van der Waals surface area (Å²) >= 11 is 0. The summed E-state index contributed by atoms with van der Waals surface area (Å²) in [5.41, 5.74) is -0.0376. The molecule has 29 heavy (non-hydrogen) atoms. The van der Waals surface area contributed by atoms with Crippen LogP contribution in [0.3, 0.4) is 0 Å². The summed E-state index contributed by atoms with van der Waals surface area (Å²) in [5.74, 6) is -1.03. The van der Waals surface area contributed by atoms with Gasteiger partial charge < -0.3 is 15.4 Å². The van der Waals surface area contributed by atoms with Crippen LogP contribution in [0.4, 0.5) is 10.5 Å². The smallest absolute Gasteiger partial charge is 0.314 e. The number of carbonyl (C=O) groups is 3. The average molecular weight is 406 g/mol. The van der Waals surface area contributed by atoms with Crippen molar-refractivity contribution in [1.82, 2.24) is 15.5 Å². The van der Waals surface area contributed by atoms with Crippen LogP contribution in [0.2, 0.25) is 0 Å². The molecule has 0 saturated carbocycles. The molecule has 0 aliphatic carbocycles. The number of fused-ring (bicyclic) bond motifs is 1. The molecular formula is C19H26N4O6. The number of benzene rings is 1. The third kappa shape index (κ3) is 6.24. The second-order valence-electron chi connectivity index (χ2n) is 6.60. The molecule has 2 N–H and O–H groups in total. The van der Waals surface area contributed by atoms with Crippen LogP contribution in [-0.4, -0.2) is 60.5 Å². The van der Waals surface area contributed by atoms with Crippen molar-refractivity contribution in [2.24, 2.45) is 0 Å². The van der Waals surface area contributed by atoms with E-state index in [0.717, 1.165) is 36.8 Å². The van der Waals surface area contributed by atoms with Gasteiger partial charge in [0.25, 0.3) is 17.5 Å². The van der Waals surface area contributed by atoms with Crippen LogP contribution in [0.5, 0.6) is 0 Å². The molecule has 0 aromatic heterocycles. The summed E-state index contributed by atoms with van der Waals surface area (Å²) in [4.78, 5) is 47.6. The molecule has 1 aromatic carbocycles. The minimum absolute atomic E-state index is 0.0380. The number of carbonyl (C=O) groups excluding carboxylic acids is 3. The van der Waals surface area contributed by atoms with Crippen LogP contribution in [-0.2, 0) is 4.74 Å². The normalized spacial score (nSPS) is 12.8. The van der Waals surface area contributed by atoms with Crippen LogP contribution in [0.25, 0.3) is 0 Å². The van der Waals surface area contributed by atoms with E-state index in [0.29, 0.717) is 19.6 Å². The summed E-state index contributed by atoms with van der Waals surface area (Å²) in [6.45, 7) is 4.31. The van der Waals surface area contributed by atoms with Crippen molar-refractivity contribution in [3.8, 4) is 0 Å². The number of hydrogen-bond acceptors (Lipinski definition) is 6. The molecule has 0 radical (unpaired) electrons. The minimum Gasteiger partial charge on any atom is -0.381 e. The first-order chi connectivity index (χ1) is 14.0. The monoisotopic (exact) mass is 406 g/mol. The highest BCUT2D eigenvalue weighted by Gasteiger charge is 2.36. The van der Waals surface area contributed by atoms with Gasteiger partial charge in [-0.2, -0.15) is 0 Å². The van der Waals surface area contributed by atoms with Gasteiger partial charge in [0.2, 0.25) is 0 Å². The van der Waals surface area contributed by atoms with Crippen LogP contribution < -0.4 is 10.6 Å². The molecule has 4 amide bonds. The molecule has 10 heteroatoms. The quantitative estimate of drug-likeness (QED) is 0.236. The Hall–Kier alpha value is -3.01. The van der Waals surface area contributed by atoms with Crippen LogP contribution in [0, 0.1) is 10.1 Å². The number of nitro groups is 1. The number of imide groups is 1. The maximum atomic E-state index is 12.3. The number of urea groups is 1. The Morgan fingerprint density at radius 1 is 1.07 bits per heavy atom. The lowest BCUT2D eigenvalue weighted by atomic mass is 10.1. The van der Waals surface area contributed by atoms with E-state index in [-0.39, 0.29) is 35.9 Å². The van der Waals surface area contributed by atoms with E-state index < -0.39 is 16.7 Å². The second kappa shape index (κ2) is 11.1. The third-order valence-electron chi connectivity index (χ3n) is 4.40.